The molecule has 0 saturated heterocycles. The van der Waals surface area contributed by atoms with Gasteiger partial charge in [0.25, 0.3) is 0 Å². The molecule has 0 atom stereocenters. The van der Waals surface area contributed by atoms with Crippen LogP contribution in [-0.4, -0.2) is 27.2 Å². The first-order chi connectivity index (χ1) is 11.3. The van der Waals surface area contributed by atoms with Crippen molar-refractivity contribution < 1.29 is 22.3 Å². The number of benzene rings is 2. The Morgan fingerprint density at radius 3 is 2.46 bits per heavy atom. The van der Waals surface area contributed by atoms with Crippen molar-refractivity contribution >= 4 is 33.0 Å². The van der Waals surface area contributed by atoms with Gasteiger partial charge in [-0.25, -0.2) is 12.8 Å². The van der Waals surface area contributed by atoms with Crippen LogP contribution < -0.4 is 10.1 Å². The van der Waals surface area contributed by atoms with E-state index in [0.29, 0.717) is 11.4 Å². The van der Waals surface area contributed by atoms with Crippen molar-refractivity contribution in [2.45, 2.75) is 11.3 Å². The molecule has 24 heavy (non-hydrogen) atoms. The van der Waals surface area contributed by atoms with E-state index in [4.69, 9.17) is 16.3 Å². The van der Waals surface area contributed by atoms with E-state index in [0.717, 1.165) is 0 Å². The summed E-state index contributed by atoms with van der Waals surface area (Å²) in [4.78, 5) is 11.8. The zero-order chi connectivity index (χ0) is 17.7. The van der Waals surface area contributed by atoms with Gasteiger partial charge < -0.3 is 10.1 Å². The topological polar surface area (TPSA) is 72.5 Å². The quantitative estimate of drug-likeness (QED) is 0.845. The molecule has 128 valence electrons. The van der Waals surface area contributed by atoms with Crippen LogP contribution in [0.1, 0.15) is 6.42 Å². The van der Waals surface area contributed by atoms with Crippen molar-refractivity contribution in [2.24, 2.45) is 0 Å². The van der Waals surface area contributed by atoms with Gasteiger partial charge in [-0.2, -0.15) is 0 Å². The standard InChI is InChI=1S/C16H15ClFNO4S/c1-23-15-7-6-13(10-14(15)17)24(21,22)9-8-16(20)19-12-4-2-11(18)3-5-12/h2-7,10H,8-9H2,1H3,(H,19,20). The van der Waals surface area contributed by atoms with Gasteiger partial charge in [-0.1, -0.05) is 11.6 Å². The minimum atomic E-state index is -3.66. The Balaban J connectivity index is 2.00. The van der Waals surface area contributed by atoms with Crippen LogP contribution in [0.4, 0.5) is 10.1 Å². The number of ether oxygens (including phenoxy) is 1. The molecule has 2 aromatic carbocycles. The molecule has 0 spiro atoms. The van der Waals surface area contributed by atoms with E-state index in [1.54, 1.807) is 0 Å². The summed E-state index contributed by atoms with van der Waals surface area (Å²) in [5, 5.41) is 2.68. The van der Waals surface area contributed by atoms with Crippen molar-refractivity contribution in [1.82, 2.24) is 0 Å². The first-order valence-corrected chi connectivity index (χ1v) is 8.96. The predicted octanol–water partition coefficient (Wildman–Crippen LogP) is 3.29. The number of carbonyl (C=O) groups excluding carboxylic acids is 1. The number of hydrogen-bond acceptors (Lipinski definition) is 4. The summed E-state index contributed by atoms with van der Waals surface area (Å²) in [7, 11) is -2.24. The highest BCUT2D eigenvalue weighted by Crippen LogP contribution is 2.27. The molecule has 0 aliphatic rings. The van der Waals surface area contributed by atoms with Gasteiger partial charge in [0.15, 0.2) is 9.84 Å². The molecule has 0 unspecified atom stereocenters. The van der Waals surface area contributed by atoms with E-state index in [1.165, 1.54) is 49.6 Å². The lowest BCUT2D eigenvalue weighted by atomic mass is 10.3. The van der Waals surface area contributed by atoms with Crippen molar-refractivity contribution in [1.29, 1.82) is 0 Å². The van der Waals surface area contributed by atoms with E-state index in [1.807, 2.05) is 0 Å². The molecule has 5 nitrogen and oxygen atoms in total. The predicted molar refractivity (Wildman–Crippen MR) is 89.7 cm³/mol. The average molecular weight is 372 g/mol. The number of hydrogen-bond donors (Lipinski definition) is 1. The van der Waals surface area contributed by atoms with E-state index in [9.17, 15) is 17.6 Å². The maximum Gasteiger partial charge on any atom is 0.225 e. The van der Waals surface area contributed by atoms with Gasteiger partial charge in [-0.15, -0.1) is 0 Å². The lowest BCUT2D eigenvalue weighted by Gasteiger charge is -2.08. The van der Waals surface area contributed by atoms with Gasteiger partial charge in [-0.3, -0.25) is 4.79 Å². The van der Waals surface area contributed by atoms with E-state index in [-0.39, 0.29) is 22.1 Å². The number of sulfone groups is 1. The number of rotatable bonds is 6. The second-order valence-corrected chi connectivity index (χ2v) is 7.44. The third kappa shape index (κ3) is 4.69. The van der Waals surface area contributed by atoms with Crippen molar-refractivity contribution in [3.63, 3.8) is 0 Å². The lowest BCUT2D eigenvalue weighted by Crippen LogP contribution is -2.17. The van der Waals surface area contributed by atoms with Crippen LogP contribution in [0.2, 0.25) is 5.02 Å². The fraction of sp³-hybridized carbons (Fsp3) is 0.188. The molecule has 0 fully saturated rings. The smallest absolute Gasteiger partial charge is 0.225 e. The minimum absolute atomic E-state index is 0.0166. The second-order valence-electron chi connectivity index (χ2n) is 4.92. The third-order valence-corrected chi connectivity index (χ3v) is 5.22. The van der Waals surface area contributed by atoms with Gasteiger partial charge in [0.2, 0.25) is 5.91 Å². The number of methoxy groups -OCH3 is 1. The van der Waals surface area contributed by atoms with Gasteiger partial charge in [0, 0.05) is 12.1 Å². The Bertz CT molecular complexity index is 838. The maximum absolute atomic E-state index is 12.8. The third-order valence-electron chi connectivity index (χ3n) is 3.21. The summed E-state index contributed by atoms with van der Waals surface area (Å²) in [5.74, 6) is -0.913. The molecule has 2 rings (SSSR count). The van der Waals surface area contributed by atoms with E-state index in [2.05, 4.69) is 5.32 Å². The molecule has 0 aliphatic carbocycles. The lowest BCUT2D eigenvalue weighted by molar-refractivity contribution is -0.115. The van der Waals surface area contributed by atoms with Crippen molar-refractivity contribution in [3.05, 3.63) is 53.3 Å². The molecule has 8 heteroatoms. The van der Waals surface area contributed by atoms with Crippen LogP contribution in [0.3, 0.4) is 0 Å². The summed E-state index contributed by atoms with van der Waals surface area (Å²) in [6.45, 7) is 0. The number of amides is 1. The maximum atomic E-state index is 12.8. The Morgan fingerprint density at radius 1 is 1.21 bits per heavy atom. The summed E-state index contributed by atoms with van der Waals surface area (Å²) in [5.41, 5.74) is 0.395. The van der Waals surface area contributed by atoms with Crippen LogP contribution in [0.25, 0.3) is 0 Å². The SMILES string of the molecule is COc1ccc(S(=O)(=O)CCC(=O)Nc2ccc(F)cc2)cc1Cl. The van der Waals surface area contributed by atoms with Crippen LogP contribution >= 0.6 is 11.6 Å². The second kappa shape index (κ2) is 7.63. The average Bonchev–Trinajstić information content (AvgIpc) is 2.55. The Hall–Kier alpha value is -2.12. The monoisotopic (exact) mass is 371 g/mol. The number of halogens is 2. The van der Waals surface area contributed by atoms with Crippen molar-refractivity contribution in [2.75, 3.05) is 18.2 Å². The van der Waals surface area contributed by atoms with Gasteiger partial charge in [-0.05, 0) is 42.5 Å². The van der Waals surface area contributed by atoms with Gasteiger partial charge in [0.05, 0.1) is 22.8 Å². The molecule has 0 heterocycles. The van der Waals surface area contributed by atoms with Gasteiger partial charge >= 0.3 is 0 Å². The summed E-state index contributed by atoms with van der Waals surface area (Å²) in [6, 6.07) is 9.30. The summed E-state index contributed by atoms with van der Waals surface area (Å²) < 4.78 is 42.3. The first-order valence-electron chi connectivity index (χ1n) is 6.93. The molecule has 0 aromatic heterocycles. The highest BCUT2D eigenvalue weighted by Gasteiger charge is 2.18. The molecule has 1 amide bonds. The molecular formula is C16H15ClFNO4S. The van der Waals surface area contributed by atoms with Crippen LogP contribution in [0, 0.1) is 5.82 Å². The zero-order valence-electron chi connectivity index (χ0n) is 12.8. The fourth-order valence-corrected chi connectivity index (χ4v) is 3.53. The summed E-state index contributed by atoms with van der Waals surface area (Å²) >= 11 is 5.92. The van der Waals surface area contributed by atoms with E-state index >= 15 is 0 Å². The fourth-order valence-electron chi connectivity index (χ4n) is 1.94. The van der Waals surface area contributed by atoms with Crippen LogP contribution in [0.5, 0.6) is 5.75 Å². The highest BCUT2D eigenvalue weighted by molar-refractivity contribution is 7.91. The Labute approximate surface area is 144 Å². The largest absolute Gasteiger partial charge is 0.495 e. The molecule has 0 aliphatic heterocycles. The zero-order valence-corrected chi connectivity index (χ0v) is 14.3. The first kappa shape index (κ1) is 18.2. The van der Waals surface area contributed by atoms with Crippen LogP contribution in [-0.2, 0) is 14.6 Å². The molecule has 2 aromatic rings. The van der Waals surface area contributed by atoms with E-state index < -0.39 is 21.6 Å². The number of nitrogens with one attached hydrogen (secondary N) is 1. The molecular weight excluding hydrogens is 357 g/mol. The number of anilines is 1. The molecule has 0 bridgehead atoms. The van der Waals surface area contributed by atoms with Gasteiger partial charge in [0.1, 0.15) is 11.6 Å². The Morgan fingerprint density at radius 2 is 1.88 bits per heavy atom. The molecule has 1 N–H and O–H groups in total. The number of carbonyl (C=O) groups is 1. The molecule has 0 saturated carbocycles. The highest BCUT2D eigenvalue weighted by atomic mass is 35.5. The van der Waals surface area contributed by atoms with Crippen molar-refractivity contribution in [3.8, 4) is 5.75 Å². The molecule has 0 radical (unpaired) electrons. The summed E-state index contributed by atoms with van der Waals surface area (Å²) in [6.07, 6.45) is -0.233. The van der Waals surface area contributed by atoms with Crippen LogP contribution in [0.15, 0.2) is 47.4 Å². The minimum Gasteiger partial charge on any atom is -0.495 e. The normalized spacial score (nSPS) is 11.1. The Kier molecular flexibility index (Phi) is 5.80.